The molecule has 6 nitrogen and oxygen atoms in total. The van der Waals surface area contributed by atoms with Crippen LogP contribution < -0.4 is 14.8 Å². The van der Waals surface area contributed by atoms with Crippen LogP contribution in [0.2, 0.25) is 0 Å². The molecule has 2 atom stereocenters. The first kappa shape index (κ1) is 13.6. The molecule has 0 unspecified atom stereocenters. The van der Waals surface area contributed by atoms with Crippen molar-refractivity contribution in [1.82, 2.24) is 5.32 Å². The van der Waals surface area contributed by atoms with Gasteiger partial charge in [0.2, 0.25) is 0 Å². The zero-order valence-electron chi connectivity index (χ0n) is 10.9. The lowest BCUT2D eigenvalue weighted by atomic mass is 10.1. The van der Waals surface area contributed by atoms with Gasteiger partial charge in [-0.05, 0) is 12.1 Å². The van der Waals surface area contributed by atoms with Gasteiger partial charge in [0.25, 0.3) is 5.91 Å². The molecule has 1 aliphatic heterocycles. The van der Waals surface area contributed by atoms with Gasteiger partial charge in [-0.1, -0.05) is 6.07 Å². The molecule has 0 spiro atoms. The average molecular weight is 267 g/mol. The zero-order chi connectivity index (χ0) is 13.8. The highest BCUT2D eigenvalue weighted by Crippen LogP contribution is 2.28. The lowest BCUT2D eigenvalue weighted by Gasteiger charge is -2.17. The van der Waals surface area contributed by atoms with Crippen LogP contribution in [0, 0.1) is 0 Å². The maximum Gasteiger partial charge on any atom is 0.259 e. The Bertz CT molecular complexity index is 440. The molecule has 1 aromatic rings. The number of methoxy groups -OCH3 is 2. The highest BCUT2D eigenvalue weighted by Gasteiger charge is 2.29. The monoisotopic (exact) mass is 267 g/mol. The van der Waals surface area contributed by atoms with E-state index in [4.69, 9.17) is 14.2 Å². The SMILES string of the molecule is COc1cccc(OC)c1C(=O)N[C@@H]1COC[C@@H]1O. The van der Waals surface area contributed by atoms with E-state index in [0.29, 0.717) is 23.7 Å². The van der Waals surface area contributed by atoms with Crippen LogP contribution in [0.1, 0.15) is 10.4 Å². The topological polar surface area (TPSA) is 77.0 Å². The van der Waals surface area contributed by atoms with E-state index in [0.717, 1.165) is 0 Å². The van der Waals surface area contributed by atoms with Crippen molar-refractivity contribution >= 4 is 5.91 Å². The fraction of sp³-hybridized carbons (Fsp3) is 0.462. The summed E-state index contributed by atoms with van der Waals surface area (Å²) in [4.78, 5) is 12.3. The van der Waals surface area contributed by atoms with Crippen LogP contribution in [-0.2, 0) is 4.74 Å². The van der Waals surface area contributed by atoms with Crippen LogP contribution in [0.4, 0.5) is 0 Å². The second-order valence-electron chi connectivity index (χ2n) is 4.22. The number of amides is 1. The third-order valence-corrected chi connectivity index (χ3v) is 3.02. The summed E-state index contributed by atoms with van der Waals surface area (Å²) >= 11 is 0. The number of aliphatic hydroxyl groups excluding tert-OH is 1. The van der Waals surface area contributed by atoms with Crippen molar-refractivity contribution in [2.75, 3.05) is 27.4 Å². The van der Waals surface area contributed by atoms with E-state index in [2.05, 4.69) is 5.32 Å². The molecular weight excluding hydrogens is 250 g/mol. The minimum absolute atomic E-state index is 0.230. The van der Waals surface area contributed by atoms with Gasteiger partial charge in [0.15, 0.2) is 0 Å². The highest BCUT2D eigenvalue weighted by atomic mass is 16.5. The van der Waals surface area contributed by atoms with Crippen molar-refractivity contribution in [3.63, 3.8) is 0 Å². The van der Waals surface area contributed by atoms with E-state index in [1.165, 1.54) is 14.2 Å². The third kappa shape index (κ3) is 2.80. The first-order valence-electron chi connectivity index (χ1n) is 5.95. The molecule has 2 rings (SSSR count). The first-order valence-corrected chi connectivity index (χ1v) is 5.95. The zero-order valence-corrected chi connectivity index (χ0v) is 10.9. The number of hydrogen-bond donors (Lipinski definition) is 2. The van der Waals surface area contributed by atoms with Crippen molar-refractivity contribution in [1.29, 1.82) is 0 Å². The van der Waals surface area contributed by atoms with Gasteiger partial charge in [0.1, 0.15) is 17.1 Å². The number of benzene rings is 1. The second-order valence-corrected chi connectivity index (χ2v) is 4.22. The molecule has 104 valence electrons. The summed E-state index contributed by atoms with van der Waals surface area (Å²) < 4.78 is 15.4. The second kappa shape index (κ2) is 5.90. The number of nitrogens with one attached hydrogen (secondary N) is 1. The Kier molecular flexibility index (Phi) is 4.24. The summed E-state index contributed by atoms with van der Waals surface area (Å²) in [5.41, 5.74) is 0.312. The standard InChI is InChI=1S/C13H17NO5/c1-17-10-4-3-5-11(18-2)12(10)13(16)14-8-6-19-7-9(8)15/h3-5,8-9,15H,6-7H2,1-2H3,(H,14,16)/t8-,9+/m1/s1. The predicted octanol–water partition coefficient (Wildman–Crippen LogP) is 0.193. The molecule has 19 heavy (non-hydrogen) atoms. The molecule has 1 aliphatic rings. The number of ether oxygens (including phenoxy) is 3. The lowest BCUT2D eigenvalue weighted by molar-refractivity contribution is 0.0880. The normalized spacial score (nSPS) is 22.1. The smallest absolute Gasteiger partial charge is 0.259 e. The van der Waals surface area contributed by atoms with E-state index < -0.39 is 12.1 Å². The molecule has 2 N–H and O–H groups in total. The number of hydrogen-bond acceptors (Lipinski definition) is 5. The molecule has 0 bridgehead atoms. The molecule has 0 aliphatic carbocycles. The Hall–Kier alpha value is -1.79. The molecule has 6 heteroatoms. The molecule has 1 fully saturated rings. The Morgan fingerprint density at radius 2 is 1.95 bits per heavy atom. The maximum absolute atomic E-state index is 12.3. The van der Waals surface area contributed by atoms with Crippen LogP contribution in [-0.4, -0.2) is 50.6 Å². The van der Waals surface area contributed by atoms with E-state index >= 15 is 0 Å². The van der Waals surface area contributed by atoms with Gasteiger partial charge in [0, 0.05) is 0 Å². The van der Waals surface area contributed by atoms with Gasteiger partial charge >= 0.3 is 0 Å². The Morgan fingerprint density at radius 1 is 1.32 bits per heavy atom. The fourth-order valence-corrected chi connectivity index (χ4v) is 2.00. The van der Waals surface area contributed by atoms with Crippen molar-refractivity contribution < 1.29 is 24.1 Å². The quantitative estimate of drug-likeness (QED) is 0.814. The van der Waals surface area contributed by atoms with E-state index in [-0.39, 0.29) is 12.5 Å². The summed E-state index contributed by atoms with van der Waals surface area (Å²) in [7, 11) is 2.97. The largest absolute Gasteiger partial charge is 0.496 e. The van der Waals surface area contributed by atoms with Gasteiger partial charge in [-0.25, -0.2) is 0 Å². The lowest BCUT2D eigenvalue weighted by Crippen LogP contribution is -2.42. The Morgan fingerprint density at radius 3 is 2.42 bits per heavy atom. The number of carbonyl (C=O) groups is 1. The maximum atomic E-state index is 12.3. The summed E-state index contributed by atoms with van der Waals surface area (Å²) in [6, 6.07) is 4.68. The summed E-state index contributed by atoms with van der Waals surface area (Å²) in [5, 5.41) is 12.4. The highest BCUT2D eigenvalue weighted by molar-refractivity contribution is 6.00. The molecule has 0 saturated carbocycles. The van der Waals surface area contributed by atoms with Crippen molar-refractivity contribution in [3.05, 3.63) is 23.8 Å². The molecular formula is C13H17NO5. The fourth-order valence-electron chi connectivity index (χ4n) is 2.00. The third-order valence-electron chi connectivity index (χ3n) is 3.02. The van der Waals surface area contributed by atoms with E-state index in [1.54, 1.807) is 18.2 Å². The van der Waals surface area contributed by atoms with E-state index in [1.807, 2.05) is 0 Å². The number of carbonyl (C=O) groups excluding carboxylic acids is 1. The molecule has 1 amide bonds. The van der Waals surface area contributed by atoms with Crippen molar-refractivity contribution in [3.8, 4) is 11.5 Å². The summed E-state index contributed by atoms with van der Waals surface area (Å²) in [6.45, 7) is 0.526. The molecule has 1 saturated heterocycles. The Labute approximate surface area is 111 Å². The average Bonchev–Trinajstić information content (AvgIpc) is 2.83. The number of aliphatic hydroxyl groups is 1. The molecule has 0 aromatic heterocycles. The van der Waals surface area contributed by atoms with Crippen molar-refractivity contribution in [2.45, 2.75) is 12.1 Å². The summed E-state index contributed by atoms with van der Waals surface area (Å²) in [6.07, 6.45) is -0.690. The first-order chi connectivity index (χ1) is 9.17. The van der Waals surface area contributed by atoms with E-state index in [9.17, 15) is 9.90 Å². The predicted molar refractivity (Wildman–Crippen MR) is 67.6 cm³/mol. The van der Waals surface area contributed by atoms with Crippen LogP contribution in [0.3, 0.4) is 0 Å². The molecule has 1 heterocycles. The minimum atomic E-state index is -0.690. The van der Waals surface area contributed by atoms with Crippen molar-refractivity contribution in [2.24, 2.45) is 0 Å². The van der Waals surface area contributed by atoms with Gasteiger partial charge in [0.05, 0.1) is 39.6 Å². The van der Waals surface area contributed by atoms with Crippen LogP contribution in [0.5, 0.6) is 11.5 Å². The summed E-state index contributed by atoms with van der Waals surface area (Å²) in [5.74, 6) is 0.486. The van der Waals surface area contributed by atoms with Crippen LogP contribution in [0.15, 0.2) is 18.2 Å². The van der Waals surface area contributed by atoms with Crippen LogP contribution >= 0.6 is 0 Å². The van der Waals surface area contributed by atoms with Crippen LogP contribution in [0.25, 0.3) is 0 Å². The van der Waals surface area contributed by atoms with Gasteiger partial charge in [-0.2, -0.15) is 0 Å². The number of rotatable bonds is 4. The minimum Gasteiger partial charge on any atom is -0.496 e. The van der Waals surface area contributed by atoms with Gasteiger partial charge < -0.3 is 24.6 Å². The molecule has 1 aromatic carbocycles. The Balaban J connectivity index is 2.22. The van der Waals surface area contributed by atoms with Gasteiger partial charge in [-0.15, -0.1) is 0 Å². The molecule has 0 radical (unpaired) electrons. The van der Waals surface area contributed by atoms with Gasteiger partial charge in [-0.3, -0.25) is 4.79 Å².